The predicted molar refractivity (Wildman–Crippen MR) is 46.5 cm³/mol. The number of aliphatic hydroxyl groups is 2. The fourth-order valence-electron chi connectivity index (χ4n) is 0.549. The van der Waals surface area contributed by atoms with Crippen LogP contribution in [-0.4, -0.2) is 52.0 Å². The van der Waals surface area contributed by atoms with Crippen molar-refractivity contribution in [3.05, 3.63) is 0 Å². The summed E-state index contributed by atoms with van der Waals surface area (Å²) in [6, 6.07) is 0. The Morgan fingerprint density at radius 1 is 1.36 bits per heavy atom. The minimum absolute atomic E-state index is 0.154. The number of hydrogen-bond acceptors (Lipinski definition) is 5. The topological polar surface area (TPSA) is 116 Å². The first kappa shape index (κ1) is 14.0. The van der Waals surface area contributed by atoms with Gasteiger partial charge in [0.25, 0.3) is 0 Å². The zero-order chi connectivity index (χ0) is 11.2. The quantitative estimate of drug-likeness (QED) is 0.322. The lowest BCUT2D eigenvalue weighted by Gasteiger charge is -2.16. The van der Waals surface area contributed by atoms with Crippen LogP contribution in [0.15, 0.2) is 0 Å². The first-order chi connectivity index (χ1) is 6.35. The van der Waals surface area contributed by atoms with Crippen LogP contribution in [0.2, 0.25) is 0 Å². The van der Waals surface area contributed by atoms with Crippen LogP contribution in [-0.2, 0) is 14.0 Å². The van der Waals surface area contributed by atoms with E-state index in [1.54, 1.807) is 0 Å². The molecular formula is C6H15O7P. The number of hydrogen-bond donors (Lipinski definition) is 4. The molecule has 8 heteroatoms. The molecule has 0 saturated heterocycles. The van der Waals surface area contributed by atoms with Gasteiger partial charge < -0.3 is 29.5 Å². The Labute approximate surface area is 81.4 Å². The summed E-state index contributed by atoms with van der Waals surface area (Å²) in [7, 11) is -4.19. The monoisotopic (exact) mass is 230 g/mol. The third kappa shape index (κ3) is 8.58. The highest BCUT2D eigenvalue weighted by Gasteiger charge is 2.16. The molecule has 0 bridgehead atoms. The van der Waals surface area contributed by atoms with Crippen LogP contribution in [0.5, 0.6) is 0 Å². The SMILES string of the molecule is CC(OCC(O)CO)OCP(=O)(O)O. The molecule has 0 aromatic heterocycles. The second-order valence-electron chi connectivity index (χ2n) is 2.70. The van der Waals surface area contributed by atoms with Crippen LogP contribution in [0, 0.1) is 0 Å². The van der Waals surface area contributed by atoms with Crippen LogP contribution >= 0.6 is 7.60 Å². The standard InChI is InChI=1S/C6H15O7P/c1-5(12-3-6(8)2-7)13-4-14(9,10)11/h5-8H,2-4H2,1H3,(H2,9,10,11). The molecule has 2 unspecified atom stereocenters. The normalized spacial score (nSPS) is 16.6. The lowest BCUT2D eigenvalue weighted by Crippen LogP contribution is -2.24. The number of rotatable bonds is 7. The highest BCUT2D eigenvalue weighted by atomic mass is 31.2. The molecule has 0 aliphatic carbocycles. The Kier molecular flexibility index (Phi) is 6.46. The van der Waals surface area contributed by atoms with Crippen LogP contribution in [0.3, 0.4) is 0 Å². The zero-order valence-electron chi connectivity index (χ0n) is 7.74. The van der Waals surface area contributed by atoms with Gasteiger partial charge in [0.1, 0.15) is 6.10 Å². The molecule has 4 N–H and O–H groups in total. The zero-order valence-corrected chi connectivity index (χ0v) is 8.63. The molecule has 0 aromatic rings. The molecule has 0 amide bonds. The Morgan fingerprint density at radius 2 is 1.93 bits per heavy atom. The van der Waals surface area contributed by atoms with Gasteiger partial charge >= 0.3 is 7.60 Å². The van der Waals surface area contributed by atoms with Gasteiger partial charge in [0.2, 0.25) is 0 Å². The van der Waals surface area contributed by atoms with Crippen molar-refractivity contribution in [2.24, 2.45) is 0 Å². The van der Waals surface area contributed by atoms with Crippen LogP contribution in [0.4, 0.5) is 0 Å². The van der Waals surface area contributed by atoms with Crippen molar-refractivity contribution >= 4 is 7.60 Å². The molecule has 0 aliphatic heterocycles. The average Bonchev–Trinajstić information content (AvgIpc) is 2.09. The predicted octanol–water partition coefficient (Wildman–Crippen LogP) is -1.15. The molecule has 7 nitrogen and oxygen atoms in total. The van der Waals surface area contributed by atoms with Gasteiger partial charge in [-0.2, -0.15) is 0 Å². The van der Waals surface area contributed by atoms with E-state index in [2.05, 4.69) is 4.74 Å². The summed E-state index contributed by atoms with van der Waals surface area (Å²) in [4.78, 5) is 16.9. The Bertz CT molecular complexity index is 191. The molecule has 0 aliphatic rings. The van der Waals surface area contributed by atoms with Crippen LogP contribution in [0.1, 0.15) is 6.92 Å². The van der Waals surface area contributed by atoms with Gasteiger partial charge in [-0.05, 0) is 6.92 Å². The van der Waals surface area contributed by atoms with Gasteiger partial charge in [0, 0.05) is 0 Å². The maximum Gasteiger partial charge on any atom is 0.351 e. The molecule has 0 radical (unpaired) electrons. The van der Waals surface area contributed by atoms with E-state index < -0.39 is 32.9 Å². The van der Waals surface area contributed by atoms with E-state index in [0.717, 1.165) is 0 Å². The first-order valence-corrected chi connectivity index (χ1v) is 5.71. The van der Waals surface area contributed by atoms with Gasteiger partial charge in [-0.1, -0.05) is 0 Å². The van der Waals surface area contributed by atoms with Crippen molar-refractivity contribution in [3.8, 4) is 0 Å². The van der Waals surface area contributed by atoms with Gasteiger partial charge in [-0.25, -0.2) is 0 Å². The molecule has 0 aromatic carbocycles. The highest BCUT2D eigenvalue weighted by molar-refractivity contribution is 7.51. The second-order valence-corrected chi connectivity index (χ2v) is 4.29. The molecule has 86 valence electrons. The van der Waals surface area contributed by atoms with Gasteiger partial charge in [-0.3, -0.25) is 4.57 Å². The average molecular weight is 230 g/mol. The van der Waals surface area contributed by atoms with E-state index in [9.17, 15) is 4.57 Å². The summed E-state index contributed by atoms with van der Waals surface area (Å²) in [5.74, 6) is 0. The molecule has 0 heterocycles. The maximum absolute atomic E-state index is 10.4. The molecular weight excluding hydrogens is 215 g/mol. The summed E-state index contributed by atoms with van der Waals surface area (Å²) >= 11 is 0. The minimum Gasteiger partial charge on any atom is -0.394 e. The molecule has 2 atom stereocenters. The molecule has 0 rings (SSSR count). The smallest absolute Gasteiger partial charge is 0.351 e. The molecule has 0 spiro atoms. The molecule has 0 saturated carbocycles. The van der Waals surface area contributed by atoms with Gasteiger partial charge in [0.15, 0.2) is 12.6 Å². The number of ether oxygens (including phenoxy) is 2. The van der Waals surface area contributed by atoms with E-state index >= 15 is 0 Å². The Hall–Kier alpha value is -0.0100. The molecule has 0 fully saturated rings. The third-order valence-corrected chi connectivity index (χ3v) is 1.70. The van der Waals surface area contributed by atoms with Crippen LogP contribution < -0.4 is 0 Å². The summed E-state index contributed by atoms with van der Waals surface area (Å²) in [6.45, 7) is 0.837. The van der Waals surface area contributed by atoms with E-state index in [1.165, 1.54) is 6.92 Å². The lowest BCUT2D eigenvalue weighted by molar-refractivity contribution is -0.141. The van der Waals surface area contributed by atoms with Crippen molar-refractivity contribution < 1.29 is 34.0 Å². The highest BCUT2D eigenvalue weighted by Crippen LogP contribution is 2.34. The second kappa shape index (κ2) is 6.47. The van der Waals surface area contributed by atoms with Gasteiger partial charge in [-0.15, -0.1) is 0 Å². The Balaban J connectivity index is 3.56. The summed E-state index contributed by atoms with van der Waals surface area (Å²) < 4.78 is 19.8. The first-order valence-electron chi connectivity index (χ1n) is 3.92. The van der Waals surface area contributed by atoms with Crippen molar-refractivity contribution in [2.45, 2.75) is 19.3 Å². The summed E-state index contributed by atoms with van der Waals surface area (Å²) in [5.41, 5.74) is 0. The van der Waals surface area contributed by atoms with Crippen molar-refractivity contribution in [3.63, 3.8) is 0 Å². The van der Waals surface area contributed by atoms with Crippen molar-refractivity contribution in [1.29, 1.82) is 0 Å². The fraction of sp³-hybridized carbons (Fsp3) is 1.00. The van der Waals surface area contributed by atoms with Gasteiger partial charge in [0.05, 0.1) is 13.2 Å². The fourth-order valence-corrected chi connectivity index (χ4v) is 0.954. The molecule has 14 heavy (non-hydrogen) atoms. The minimum atomic E-state index is -4.19. The lowest BCUT2D eigenvalue weighted by atomic mass is 10.4. The largest absolute Gasteiger partial charge is 0.394 e. The van der Waals surface area contributed by atoms with E-state index in [-0.39, 0.29) is 6.61 Å². The van der Waals surface area contributed by atoms with Crippen molar-refractivity contribution in [1.82, 2.24) is 0 Å². The number of aliphatic hydroxyl groups excluding tert-OH is 2. The van der Waals surface area contributed by atoms with E-state index in [0.29, 0.717) is 0 Å². The van der Waals surface area contributed by atoms with Crippen LogP contribution in [0.25, 0.3) is 0 Å². The third-order valence-electron chi connectivity index (χ3n) is 1.21. The van der Waals surface area contributed by atoms with E-state index in [4.69, 9.17) is 24.7 Å². The summed E-state index contributed by atoms with van der Waals surface area (Å²) in [6.07, 6.45) is -2.59. The Morgan fingerprint density at radius 3 is 2.36 bits per heavy atom. The summed E-state index contributed by atoms with van der Waals surface area (Å²) in [5, 5.41) is 17.3. The van der Waals surface area contributed by atoms with E-state index in [1.807, 2.05) is 0 Å². The van der Waals surface area contributed by atoms with Crippen molar-refractivity contribution in [2.75, 3.05) is 19.6 Å². The maximum atomic E-state index is 10.4.